The molecule has 35 heavy (non-hydrogen) atoms. The van der Waals surface area contributed by atoms with Crippen molar-refractivity contribution in [2.24, 2.45) is 12.5 Å². The largest absolute Gasteiger partial charge is 0.330 e. The maximum Gasteiger partial charge on any atom is 0.330 e. The number of fused-ring (bicyclic) bond motifs is 2. The minimum absolute atomic E-state index is 0.0491. The average molecular weight is 494 g/mol. The van der Waals surface area contributed by atoms with Crippen molar-refractivity contribution in [1.29, 1.82) is 0 Å². The Bertz CT molecular complexity index is 1580. The highest BCUT2D eigenvalue weighted by Crippen LogP contribution is 2.32. The predicted octanol–water partition coefficient (Wildman–Crippen LogP) is 3.90. The predicted molar refractivity (Wildman–Crippen MR) is 137 cm³/mol. The topological polar surface area (TPSA) is 90.1 Å². The van der Waals surface area contributed by atoms with Gasteiger partial charge in [0.1, 0.15) is 4.90 Å². The van der Waals surface area contributed by atoms with Gasteiger partial charge in [-0.3, -0.25) is 14.1 Å². The Morgan fingerprint density at radius 2 is 1.86 bits per heavy atom. The standard InChI is InChI=1S/C26H31N5O3S/c1-26(2,3)17-31-21-13-12-20(28-24(21)29(4)25(31)32)19-10-7-15-30(16-19)35(33,34)22-11-5-8-18-9-6-14-27-23(18)22/h5-6,8-9,11-14,19H,7,10,15-17H2,1-4H3. The summed E-state index contributed by atoms with van der Waals surface area (Å²) in [6.45, 7) is 7.71. The van der Waals surface area contributed by atoms with E-state index >= 15 is 0 Å². The molecule has 9 heteroatoms. The van der Waals surface area contributed by atoms with Crippen LogP contribution in [0.25, 0.3) is 22.1 Å². The van der Waals surface area contributed by atoms with E-state index in [2.05, 4.69) is 25.8 Å². The van der Waals surface area contributed by atoms with Crippen molar-refractivity contribution >= 4 is 32.1 Å². The van der Waals surface area contributed by atoms with Gasteiger partial charge in [-0.15, -0.1) is 0 Å². The van der Waals surface area contributed by atoms with Gasteiger partial charge in [-0.2, -0.15) is 4.31 Å². The van der Waals surface area contributed by atoms with E-state index in [1.807, 2.05) is 24.3 Å². The molecular weight excluding hydrogens is 462 g/mol. The lowest BCUT2D eigenvalue weighted by Crippen LogP contribution is -2.39. The zero-order chi connectivity index (χ0) is 25.0. The number of imidazole rings is 1. The van der Waals surface area contributed by atoms with Crippen LogP contribution in [-0.4, -0.2) is 44.9 Å². The maximum absolute atomic E-state index is 13.6. The molecule has 0 N–H and O–H groups in total. The van der Waals surface area contributed by atoms with Crippen LogP contribution in [0.2, 0.25) is 0 Å². The highest BCUT2D eigenvalue weighted by molar-refractivity contribution is 7.89. The third kappa shape index (κ3) is 4.27. The number of sulfonamides is 1. The molecule has 0 bridgehead atoms. The summed E-state index contributed by atoms with van der Waals surface area (Å²) in [4.78, 5) is 22.3. The molecule has 8 nitrogen and oxygen atoms in total. The van der Waals surface area contributed by atoms with Crippen LogP contribution in [0.4, 0.5) is 0 Å². The Morgan fingerprint density at radius 1 is 1.09 bits per heavy atom. The number of para-hydroxylation sites is 1. The van der Waals surface area contributed by atoms with Crippen LogP contribution in [-0.2, 0) is 23.6 Å². The van der Waals surface area contributed by atoms with E-state index in [0.29, 0.717) is 30.8 Å². The van der Waals surface area contributed by atoms with Crippen LogP contribution in [0.3, 0.4) is 0 Å². The fourth-order valence-corrected chi connectivity index (χ4v) is 6.66. The second kappa shape index (κ2) is 8.57. The van der Waals surface area contributed by atoms with Gasteiger partial charge in [0.2, 0.25) is 10.0 Å². The number of aryl methyl sites for hydroxylation is 1. The van der Waals surface area contributed by atoms with Gasteiger partial charge in [-0.1, -0.05) is 39.0 Å². The molecule has 5 rings (SSSR count). The Hall–Kier alpha value is -3.04. The van der Waals surface area contributed by atoms with Crippen LogP contribution in [0.1, 0.15) is 45.2 Å². The van der Waals surface area contributed by atoms with Crippen molar-refractivity contribution in [1.82, 2.24) is 23.4 Å². The van der Waals surface area contributed by atoms with Gasteiger partial charge < -0.3 is 0 Å². The van der Waals surface area contributed by atoms with Gasteiger partial charge >= 0.3 is 5.69 Å². The van der Waals surface area contributed by atoms with Crippen LogP contribution >= 0.6 is 0 Å². The molecule has 3 aromatic heterocycles. The zero-order valence-electron chi connectivity index (χ0n) is 20.6. The van der Waals surface area contributed by atoms with Crippen molar-refractivity contribution < 1.29 is 8.42 Å². The second-order valence-corrected chi connectivity index (χ2v) is 12.5. The Kier molecular flexibility index (Phi) is 5.80. The highest BCUT2D eigenvalue weighted by atomic mass is 32.2. The van der Waals surface area contributed by atoms with Gasteiger partial charge in [0.25, 0.3) is 0 Å². The summed E-state index contributed by atoms with van der Waals surface area (Å²) < 4.78 is 32.2. The van der Waals surface area contributed by atoms with Crippen molar-refractivity contribution in [2.75, 3.05) is 13.1 Å². The van der Waals surface area contributed by atoms with Crippen LogP contribution < -0.4 is 5.69 Å². The van der Waals surface area contributed by atoms with Gasteiger partial charge in [0.05, 0.1) is 11.0 Å². The fraction of sp³-hybridized carbons (Fsp3) is 0.423. The Morgan fingerprint density at radius 3 is 2.63 bits per heavy atom. The first-order valence-corrected chi connectivity index (χ1v) is 13.4. The van der Waals surface area contributed by atoms with E-state index in [4.69, 9.17) is 4.98 Å². The molecule has 0 spiro atoms. The van der Waals surface area contributed by atoms with E-state index in [1.54, 1.807) is 44.9 Å². The summed E-state index contributed by atoms with van der Waals surface area (Å²) >= 11 is 0. The summed E-state index contributed by atoms with van der Waals surface area (Å²) in [5.74, 6) is -0.0491. The number of nitrogens with zero attached hydrogens (tertiary/aromatic N) is 5. The summed E-state index contributed by atoms with van der Waals surface area (Å²) in [6, 6.07) is 12.8. The normalized spacial score (nSPS) is 17.9. The van der Waals surface area contributed by atoms with E-state index in [9.17, 15) is 13.2 Å². The summed E-state index contributed by atoms with van der Waals surface area (Å²) in [6.07, 6.45) is 3.20. The van der Waals surface area contributed by atoms with Crippen LogP contribution in [0, 0.1) is 5.41 Å². The molecule has 1 saturated heterocycles. The molecule has 0 saturated carbocycles. The minimum Gasteiger partial charge on any atom is -0.290 e. The van der Waals surface area contributed by atoms with E-state index in [1.165, 1.54) is 0 Å². The van der Waals surface area contributed by atoms with Gasteiger partial charge in [-0.25, -0.2) is 18.2 Å². The quantitative estimate of drug-likeness (QED) is 0.430. The molecular formula is C26H31N5O3S. The van der Waals surface area contributed by atoms with Crippen molar-refractivity contribution in [3.05, 3.63) is 64.8 Å². The number of piperidine rings is 1. The van der Waals surface area contributed by atoms with E-state index < -0.39 is 10.0 Å². The third-order valence-electron chi connectivity index (χ3n) is 6.65. The zero-order valence-corrected chi connectivity index (χ0v) is 21.4. The Labute approximate surface area is 205 Å². The monoisotopic (exact) mass is 493 g/mol. The smallest absolute Gasteiger partial charge is 0.290 e. The van der Waals surface area contributed by atoms with E-state index in [0.717, 1.165) is 29.4 Å². The molecule has 0 radical (unpaired) electrons. The molecule has 4 heterocycles. The third-order valence-corrected chi connectivity index (χ3v) is 8.55. The number of pyridine rings is 2. The molecule has 1 atom stereocenters. The summed E-state index contributed by atoms with van der Waals surface area (Å²) in [5, 5.41) is 0.801. The molecule has 1 aliphatic rings. The number of benzene rings is 1. The minimum atomic E-state index is -3.72. The van der Waals surface area contributed by atoms with Crippen LogP contribution in [0.15, 0.2) is 58.4 Å². The fourth-order valence-electron chi connectivity index (χ4n) is 4.97. The van der Waals surface area contributed by atoms with Gasteiger partial charge in [-0.05, 0) is 42.5 Å². The first kappa shape index (κ1) is 23.7. The molecule has 0 aliphatic carbocycles. The second-order valence-electron chi connectivity index (χ2n) is 10.6. The number of hydrogen-bond donors (Lipinski definition) is 0. The first-order chi connectivity index (χ1) is 16.6. The molecule has 1 aromatic carbocycles. The molecule has 0 amide bonds. The van der Waals surface area contributed by atoms with E-state index in [-0.39, 0.29) is 21.9 Å². The lowest BCUT2D eigenvalue weighted by Gasteiger charge is -2.31. The van der Waals surface area contributed by atoms with Crippen molar-refractivity contribution in [3.8, 4) is 0 Å². The molecule has 1 unspecified atom stereocenters. The summed E-state index contributed by atoms with van der Waals surface area (Å²) in [7, 11) is -1.98. The Balaban J connectivity index is 1.48. The molecule has 1 aliphatic heterocycles. The van der Waals surface area contributed by atoms with Gasteiger partial charge in [0.15, 0.2) is 5.65 Å². The average Bonchev–Trinajstić information content (AvgIpc) is 3.07. The number of rotatable bonds is 4. The molecule has 184 valence electrons. The molecule has 1 fully saturated rings. The maximum atomic E-state index is 13.6. The number of aromatic nitrogens is 4. The van der Waals surface area contributed by atoms with Gasteiger partial charge in [0, 0.05) is 49.9 Å². The lowest BCUT2D eigenvalue weighted by molar-refractivity contribution is 0.313. The van der Waals surface area contributed by atoms with Crippen LogP contribution in [0.5, 0.6) is 0 Å². The van der Waals surface area contributed by atoms with Crippen molar-refractivity contribution in [3.63, 3.8) is 0 Å². The number of hydrogen-bond acceptors (Lipinski definition) is 5. The first-order valence-electron chi connectivity index (χ1n) is 12.0. The van der Waals surface area contributed by atoms with Crippen molar-refractivity contribution in [2.45, 2.75) is 51.0 Å². The SMILES string of the molecule is Cn1c(=O)n(CC(C)(C)C)c2ccc(C3CCCN(S(=O)(=O)c4cccc5cccnc45)C3)nc21. The lowest BCUT2D eigenvalue weighted by atomic mass is 9.95. The summed E-state index contributed by atoms with van der Waals surface area (Å²) in [5.41, 5.74) is 2.61. The molecule has 4 aromatic rings. The highest BCUT2D eigenvalue weighted by Gasteiger charge is 2.33.